The summed E-state index contributed by atoms with van der Waals surface area (Å²) >= 11 is 0. The Balaban J connectivity index is 2.50. The van der Waals surface area contributed by atoms with Gasteiger partial charge in [-0.2, -0.15) is 43.9 Å². The summed E-state index contributed by atoms with van der Waals surface area (Å²) in [5, 5.41) is 0. The van der Waals surface area contributed by atoms with Gasteiger partial charge in [0.15, 0.2) is 5.90 Å². The molecule has 1 aliphatic heterocycles. The molecule has 1 heterocycles. The molecule has 0 spiro atoms. The Kier molecular flexibility index (Phi) is 6.26. The van der Waals surface area contributed by atoms with Crippen LogP contribution in [0.25, 0.3) is 0 Å². The van der Waals surface area contributed by atoms with Gasteiger partial charge in [0.05, 0.1) is 19.9 Å². The van der Waals surface area contributed by atoms with Crippen molar-refractivity contribution in [1.82, 2.24) is 0 Å². The van der Waals surface area contributed by atoms with E-state index in [1.165, 1.54) is 0 Å². The summed E-state index contributed by atoms with van der Waals surface area (Å²) < 4.78 is 137. The SMILES string of the molecule is CC(C)[C@H]1COC([C]2[CH][CH][CH][C]2P(C(F)(F)C(F)(F)F)C(F)(F)C(F)(F)F)=N1. The van der Waals surface area contributed by atoms with Gasteiger partial charge in [0.25, 0.3) is 0 Å². The molecule has 28 heavy (non-hydrogen) atoms. The van der Waals surface area contributed by atoms with Gasteiger partial charge in [0.1, 0.15) is 6.61 Å². The lowest BCUT2D eigenvalue weighted by Crippen LogP contribution is -2.47. The van der Waals surface area contributed by atoms with Gasteiger partial charge >= 0.3 is 23.7 Å². The Bertz CT molecular complexity index is 575. The minimum Gasteiger partial charge on any atom is -0.478 e. The van der Waals surface area contributed by atoms with Crippen LogP contribution < -0.4 is 0 Å². The van der Waals surface area contributed by atoms with E-state index in [1.807, 2.05) is 0 Å². The number of alkyl halides is 10. The zero-order valence-electron chi connectivity index (χ0n) is 14.2. The molecule has 0 amide bonds. The molecule has 0 N–H and O–H groups in total. The predicted octanol–water partition coefficient (Wildman–Crippen LogP) is 5.96. The van der Waals surface area contributed by atoms with Crippen molar-refractivity contribution in [1.29, 1.82) is 0 Å². The first-order valence-electron chi connectivity index (χ1n) is 7.68. The number of ether oxygens (including phenoxy) is 1. The fourth-order valence-corrected chi connectivity index (χ4v) is 4.51. The molecule has 1 aliphatic carbocycles. The molecule has 0 aromatic rings. The van der Waals surface area contributed by atoms with Crippen LogP contribution >= 0.6 is 7.92 Å². The number of halogens is 10. The van der Waals surface area contributed by atoms with E-state index in [0.29, 0.717) is 6.42 Å². The van der Waals surface area contributed by atoms with Crippen molar-refractivity contribution in [2.24, 2.45) is 10.9 Å². The van der Waals surface area contributed by atoms with E-state index in [2.05, 4.69) is 4.99 Å². The first kappa shape index (κ1) is 23.5. The van der Waals surface area contributed by atoms with E-state index in [4.69, 9.17) is 4.74 Å². The standard InChI is InChI=1S/C15H13F10NOP/c1-7(2)9-6-27-11(26-9)8-4-3-5-10(8)28(14(22,23)12(16,17)18)15(24,25)13(19,20)21/h3-5,7,9H,6H2,1-2H3/t9-/m1/s1. The van der Waals surface area contributed by atoms with Gasteiger partial charge in [0.2, 0.25) is 0 Å². The molecule has 0 bridgehead atoms. The van der Waals surface area contributed by atoms with Crippen molar-refractivity contribution in [3.05, 3.63) is 30.8 Å². The number of hydrogen-bond acceptors (Lipinski definition) is 2. The van der Waals surface area contributed by atoms with Gasteiger partial charge in [-0.1, -0.05) is 13.8 Å². The Hall–Kier alpha value is -0.800. The Labute approximate surface area is 155 Å². The maximum absolute atomic E-state index is 13.9. The summed E-state index contributed by atoms with van der Waals surface area (Å²) in [6, 6.07) is -0.546. The minimum atomic E-state index is -6.62. The molecule has 2 nitrogen and oxygen atoms in total. The molecular weight excluding hydrogens is 431 g/mol. The maximum atomic E-state index is 13.9. The van der Waals surface area contributed by atoms with E-state index in [1.54, 1.807) is 13.8 Å². The van der Waals surface area contributed by atoms with Crippen molar-refractivity contribution in [2.75, 3.05) is 6.61 Å². The van der Waals surface area contributed by atoms with Crippen LogP contribution in [-0.2, 0) is 4.74 Å². The van der Waals surface area contributed by atoms with Crippen molar-refractivity contribution in [3.63, 3.8) is 0 Å². The molecule has 1 saturated carbocycles. The van der Waals surface area contributed by atoms with E-state index in [9.17, 15) is 43.9 Å². The molecule has 159 valence electrons. The smallest absolute Gasteiger partial charge is 0.457 e. The Morgan fingerprint density at radius 1 is 0.929 bits per heavy atom. The highest BCUT2D eigenvalue weighted by atomic mass is 31.1. The second kappa shape index (κ2) is 7.47. The average molecular weight is 444 g/mol. The van der Waals surface area contributed by atoms with Gasteiger partial charge in [-0.3, -0.25) is 0 Å². The molecule has 0 saturated heterocycles. The van der Waals surface area contributed by atoms with Crippen LogP contribution in [0.1, 0.15) is 13.8 Å². The Morgan fingerprint density at radius 3 is 1.82 bits per heavy atom. The molecular formula is C15H13F10NOP. The summed E-state index contributed by atoms with van der Waals surface area (Å²) in [5.74, 6) is -1.42. The highest BCUT2D eigenvalue weighted by Gasteiger charge is 2.78. The fourth-order valence-electron chi connectivity index (χ4n) is 2.40. The van der Waals surface area contributed by atoms with Crippen LogP contribution in [-0.4, -0.2) is 42.2 Å². The fraction of sp³-hybridized carbons (Fsp3) is 0.600. The van der Waals surface area contributed by atoms with Crippen molar-refractivity contribution < 1.29 is 48.6 Å². The minimum absolute atomic E-state index is 0.110. The van der Waals surface area contributed by atoms with Crippen LogP contribution in [0.3, 0.4) is 0 Å². The number of aliphatic imine (C=N–C) groups is 1. The monoisotopic (exact) mass is 444 g/mol. The Morgan fingerprint density at radius 2 is 1.43 bits per heavy atom. The van der Waals surface area contributed by atoms with Gasteiger partial charge in [-0.05, 0) is 25.2 Å². The average Bonchev–Trinajstić information content (AvgIpc) is 3.12. The van der Waals surface area contributed by atoms with Crippen LogP contribution in [0.2, 0.25) is 0 Å². The second-order valence-corrected chi connectivity index (χ2v) is 8.57. The van der Waals surface area contributed by atoms with Crippen LogP contribution in [0, 0.1) is 36.8 Å². The lowest BCUT2D eigenvalue weighted by atomic mass is 10.1. The summed E-state index contributed by atoms with van der Waals surface area (Å²) in [7, 11) is -5.43. The lowest BCUT2D eigenvalue weighted by Gasteiger charge is -2.39. The number of hydrogen-bond donors (Lipinski definition) is 0. The van der Waals surface area contributed by atoms with Gasteiger partial charge < -0.3 is 4.74 Å². The predicted molar refractivity (Wildman–Crippen MR) is 80.3 cm³/mol. The van der Waals surface area contributed by atoms with Gasteiger partial charge in [0, 0.05) is 5.66 Å². The molecule has 0 aromatic heterocycles. The first-order chi connectivity index (χ1) is 12.5. The normalized spacial score (nSPS) is 23.6. The van der Waals surface area contributed by atoms with Crippen molar-refractivity contribution in [2.45, 2.75) is 43.6 Å². The van der Waals surface area contributed by atoms with E-state index < -0.39 is 55.1 Å². The molecule has 1 fully saturated rings. The van der Waals surface area contributed by atoms with Crippen molar-refractivity contribution in [3.8, 4) is 0 Å². The van der Waals surface area contributed by atoms with E-state index >= 15 is 0 Å². The summed E-state index contributed by atoms with van der Waals surface area (Å²) in [4.78, 5) is 3.91. The summed E-state index contributed by atoms with van der Waals surface area (Å²) in [6.45, 7) is 3.27. The first-order valence-corrected chi connectivity index (χ1v) is 9.02. The van der Waals surface area contributed by atoms with Crippen molar-refractivity contribution >= 4 is 13.8 Å². The highest BCUT2D eigenvalue weighted by molar-refractivity contribution is 7.64. The topological polar surface area (TPSA) is 21.6 Å². The zero-order chi connectivity index (χ0) is 21.7. The second-order valence-electron chi connectivity index (χ2n) is 6.29. The van der Waals surface area contributed by atoms with Crippen LogP contribution in [0.15, 0.2) is 4.99 Å². The maximum Gasteiger partial charge on any atom is 0.457 e. The number of rotatable bonds is 5. The third-order valence-electron chi connectivity index (χ3n) is 3.95. The lowest BCUT2D eigenvalue weighted by molar-refractivity contribution is -0.261. The van der Waals surface area contributed by atoms with Gasteiger partial charge in [-0.15, -0.1) is 0 Å². The molecule has 2 rings (SSSR count). The largest absolute Gasteiger partial charge is 0.478 e. The summed E-state index contributed by atoms with van der Waals surface area (Å²) in [5.41, 5.74) is -14.1. The quantitative estimate of drug-likeness (QED) is 0.379. The van der Waals surface area contributed by atoms with Gasteiger partial charge in [-0.25, -0.2) is 4.99 Å². The molecule has 1 atom stereocenters. The third kappa shape index (κ3) is 4.07. The van der Waals surface area contributed by atoms with Crippen LogP contribution in [0.5, 0.6) is 0 Å². The number of nitrogens with zero attached hydrogens (tertiary/aromatic N) is 1. The van der Waals surface area contributed by atoms with E-state index in [0.717, 1.165) is 12.8 Å². The molecule has 0 aromatic carbocycles. The third-order valence-corrected chi connectivity index (χ3v) is 6.45. The highest BCUT2D eigenvalue weighted by Crippen LogP contribution is 2.79. The molecule has 13 heteroatoms. The van der Waals surface area contributed by atoms with E-state index in [-0.39, 0.29) is 12.5 Å². The van der Waals surface area contributed by atoms with Crippen LogP contribution in [0.4, 0.5) is 43.9 Å². The molecule has 5 radical (unpaired) electrons. The molecule has 2 aliphatic rings. The summed E-state index contributed by atoms with van der Waals surface area (Å²) in [6.07, 6.45) is -11.2. The zero-order valence-corrected chi connectivity index (χ0v) is 15.1. The molecule has 0 unspecified atom stereocenters.